The van der Waals surface area contributed by atoms with Crippen LogP contribution in [0.25, 0.3) is 11.2 Å². The van der Waals surface area contributed by atoms with Gasteiger partial charge in [0.05, 0.1) is 12.9 Å². The second kappa shape index (κ2) is 9.13. The normalized spacial score (nSPS) is 23.5. The summed E-state index contributed by atoms with van der Waals surface area (Å²) in [5.41, 5.74) is 6.77. The molecular weight excluding hydrogens is 498 g/mol. The number of nitrogens with two attached hydrogens (primary N) is 1. The number of fused-ring (bicyclic) bond motifs is 1. The van der Waals surface area contributed by atoms with E-state index in [4.69, 9.17) is 43.5 Å². The molecule has 0 aliphatic carbocycles. The molecule has 1 saturated heterocycles. The summed E-state index contributed by atoms with van der Waals surface area (Å²) in [6.45, 7) is 10.4. The van der Waals surface area contributed by atoms with Gasteiger partial charge in [0.1, 0.15) is 24.1 Å². The lowest BCUT2D eigenvalue weighted by atomic mass is 10.1. The first kappa shape index (κ1) is 24.9. The molecule has 0 bridgehead atoms. The van der Waals surface area contributed by atoms with Gasteiger partial charge in [-0.2, -0.15) is 9.97 Å². The summed E-state index contributed by atoms with van der Waals surface area (Å²) in [6.07, 6.45) is 3.53. The Hall–Kier alpha value is -2.16. The van der Waals surface area contributed by atoms with Gasteiger partial charge in [0.15, 0.2) is 32.1 Å². The van der Waals surface area contributed by atoms with Crippen LogP contribution in [-0.4, -0.2) is 72.6 Å². The predicted molar refractivity (Wildman–Crippen MR) is 133 cm³/mol. The minimum Gasteiger partial charge on any atom is -0.461 e. The third-order valence-electron chi connectivity index (χ3n) is 6.35. The van der Waals surface area contributed by atoms with Crippen molar-refractivity contribution in [2.75, 3.05) is 12.3 Å². The summed E-state index contributed by atoms with van der Waals surface area (Å²) in [4.78, 5) is 16.6. The van der Waals surface area contributed by atoms with E-state index in [1.165, 1.54) is 0 Å². The van der Waals surface area contributed by atoms with Crippen LogP contribution in [0, 0.1) is 0 Å². The standard InChI is InChI=1S/C20H28ClN7O4SSi/c1-20(2,3)34(4,5)32-14-13(31-19(33)27-7-6-23-9-27)11(8-29)30-17(14)28-10-24-12-15(22)25-18(21)26-16(12)28/h6-7,9-11,13-14,17,29H,8H2,1-5H3,(H2,22,25,26)/t11-,13-,14?,17-/m1/s1. The monoisotopic (exact) mass is 525 g/mol. The van der Waals surface area contributed by atoms with E-state index in [-0.39, 0.29) is 27.9 Å². The average molecular weight is 526 g/mol. The van der Waals surface area contributed by atoms with Crippen molar-refractivity contribution in [2.24, 2.45) is 0 Å². The first-order valence-corrected chi connectivity index (χ1v) is 14.4. The predicted octanol–water partition coefficient (Wildman–Crippen LogP) is 2.76. The van der Waals surface area contributed by atoms with Crippen LogP contribution in [0.4, 0.5) is 5.82 Å². The fourth-order valence-electron chi connectivity index (χ4n) is 3.51. The second-order valence-corrected chi connectivity index (χ2v) is 15.1. The van der Waals surface area contributed by atoms with Gasteiger partial charge in [0.2, 0.25) is 5.28 Å². The molecule has 11 nitrogen and oxygen atoms in total. The zero-order valence-corrected chi connectivity index (χ0v) is 22.1. The maximum atomic E-state index is 10.2. The van der Waals surface area contributed by atoms with Crippen LogP contribution in [0.2, 0.25) is 23.4 Å². The highest BCUT2D eigenvalue weighted by Gasteiger charge is 2.52. The van der Waals surface area contributed by atoms with E-state index < -0.39 is 32.9 Å². The zero-order valence-electron chi connectivity index (χ0n) is 19.5. The zero-order chi connectivity index (χ0) is 24.8. The molecule has 0 amide bonds. The smallest absolute Gasteiger partial charge is 0.269 e. The lowest BCUT2D eigenvalue weighted by Gasteiger charge is -2.40. The third kappa shape index (κ3) is 4.55. The lowest BCUT2D eigenvalue weighted by Crippen LogP contribution is -2.50. The molecule has 4 atom stereocenters. The molecule has 3 N–H and O–H groups in total. The number of imidazole rings is 2. The van der Waals surface area contributed by atoms with Crippen molar-refractivity contribution in [1.82, 2.24) is 29.1 Å². The number of nitrogens with zero attached hydrogens (tertiary/aromatic N) is 6. The molecule has 0 saturated carbocycles. The summed E-state index contributed by atoms with van der Waals surface area (Å²) < 4.78 is 22.5. The number of aliphatic hydroxyl groups is 1. The van der Waals surface area contributed by atoms with E-state index in [1.54, 1.807) is 34.2 Å². The molecule has 4 rings (SSSR count). The Labute approximate surface area is 208 Å². The van der Waals surface area contributed by atoms with Gasteiger partial charge >= 0.3 is 0 Å². The molecule has 1 fully saturated rings. The van der Waals surface area contributed by atoms with Crippen molar-refractivity contribution in [3.8, 4) is 0 Å². The SMILES string of the molecule is CC(C)(C)[Si](C)(C)OC1[C@H](n2cnc3c(N)nc(Cl)nc32)O[C@H](CO)[C@H]1OC(=S)n1ccnc1. The van der Waals surface area contributed by atoms with Crippen LogP contribution in [0.3, 0.4) is 0 Å². The molecule has 1 unspecified atom stereocenters. The van der Waals surface area contributed by atoms with Crippen molar-refractivity contribution >= 4 is 54.3 Å². The second-order valence-electron chi connectivity index (χ2n) is 9.61. The van der Waals surface area contributed by atoms with Gasteiger partial charge in [0.25, 0.3) is 5.17 Å². The first-order chi connectivity index (χ1) is 15.9. The number of aliphatic hydroxyl groups excluding tert-OH is 1. The number of thiocarbonyl (C=S) groups is 1. The number of nitrogen functional groups attached to an aromatic ring is 1. The first-order valence-electron chi connectivity index (χ1n) is 10.7. The van der Waals surface area contributed by atoms with Crippen molar-refractivity contribution in [3.63, 3.8) is 0 Å². The summed E-state index contributed by atoms with van der Waals surface area (Å²) >= 11 is 11.5. The van der Waals surface area contributed by atoms with Gasteiger partial charge < -0.3 is 24.7 Å². The van der Waals surface area contributed by atoms with Crippen molar-refractivity contribution in [1.29, 1.82) is 0 Å². The molecular formula is C20H28ClN7O4SSi. The quantitative estimate of drug-likeness (QED) is 0.290. The molecule has 3 aromatic rings. The largest absolute Gasteiger partial charge is 0.461 e. The molecule has 4 heterocycles. The lowest BCUT2D eigenvalue weighted by molar-refractivity contribution is -0.0491. The Kier molecular flexibility index (Phi) is 6.70. The van der Waals surface area contributed by atoms with Crippen LogP contribution in [-0.2, 0) is 13.9 Å². The van der Waals surface area contributed by atoms with Crippen molar-refractivity contribution in [2.45, 2.75) is 63.4 Å². The van der Waals surface area contributed by atoms with Crippen LogP contribution < -0.4 is 5.73 Å². The highest BCUT2D eigenvalue weighted by molar-refractivity contribution is 7.80. The summed E-state index contributed by atoms with van der Waals surface area (Å²) in [5, 5.41) is 10.2. The Morgan fingerprint density at radius 1 is 1.29 bits per heavy atom. The fraction of sp³-hybridized carbons (Fsp3) is 0.550. The Bertz CT molecular complexity index is 1180. The maximum Gasteiger partial charge on any atom is 0.269 e. The fourth-order valence-corrected chi connectivity index (χ4v) is 5.18. The molecule has 34 heavy (non-hydrogen) atoms. The van der Waals surface area contributed by atoms with E-state index in [1.807, 2.05) is 0 Å². The number of hydrogen-bond acceptors (Lipinski definition) is 10. The molecule has 184 valence electrons. The van der Waals surface area contributed by atoms with Gasteiger partial charge in [-0.25, -0.2) is 9.97 Å². The minimum absolute atomic E-state index is 0.0144. The van der Waals surface area contributed by atoms with Crippen LogP contribution in [0.1, 0.15) is 27.0 Å². The van der Waals surface area contributed by atoms with Crippen molar-refractivity contribution < 1.29 is 19.0 Å². The Morgan fingerprint density at radius 2 is 2.03 bits per heavy atom. The van der Waals surface area contributed by atoms with E-state index in [0.717, 1.165) is 0 Å². The number of hydrogen-bond donors (Lipinski definition) is 2. The summed E-state index contributed by atoms with van der Waals surface area (Å²) in [6, 6.07) is 0. The molecule has 0 spiro atoms. The number of anilines is 1. The van der Waals surface area contributed by atoms with E-state index >= 15 is 0 Å². The van der Waals surface area contributed by atoms with Crippen LogP contribution in [0.5, 0.6) is 0 Å². The highest BCUT2D eigenvalue weighted by atomic mass is 35.5. The number of ether oxygens (including phenoxy) is 2. The van der Waals surface area contributed by atoms with Gasteiger partial charge in [-0.15, -0.1) is 0 Å². The number of rotatable bonds is 5. The molecule has 1 aliphatic heterocycles. The van der Waals surface area contributed by atoms with Gasteiger partial charge in [-0.05, 0) is 42.0 Å². The highest BCUT2D eigenvalue weighted by Crippen LogP contribution is 2.43. The average Bonchev–Trinajstić information content (AvgIpc) is 3.47. The third-order valence-corrected chi connectivity index (χ3v) is 11.3. The molecule has 0 radical (unpaired) electrons. The van der Waals surface area contributed by atoms with E-state index in [0.29, 0.717) is 11.2 Å². The maximum absolute atomic E-state index is 10.2. The van der Waals surface area contributed by atoms with E-state index in [9.17, 15) is 5.11 Å². The molecule has 1 aliphatic rings. The molecule has 14 heteroatoms. The Balaban J connectivity index is 1.78. The van der Waals surface area contributed by atoms with Crippen LogP contribution >= 0.6 is 23.8 Å². The van der Waals surface area contributed by atoms with Crippen LogP contribution in [0.15, 0.2) is 25.0 Å². The van der Waals surface area contributed by atoms with Gasteiger partial charge in [0, 0.05) is 12.4 Å². The molecule has 0 aromatic carbocycles. The topological polar surface area (TPSA) is 135 Å². The molecule has 3 aromatic heterocycles. The summed E-state index contributed by atoms with van der Waals surface area (Å²) in [7, 11) is -2.34. The van der Waals surface area contributed by atoms with Gasteiger partial charge in [-0.1, -0.05) is 20.8 Å². The van der Waals surface area contributed by atoms with Gasteiger partial charge in [-0.3, -0.25) is 9.13 Å². The van der Waals surface area contributed by atoms with Crippen molar-refractivity contribution in [3.05, 3.63) is 30.3 Å². The Morgan fingerprint density at radius 3 is 2.65 bits per heavy atom. The number of aromatic nitrogens is 6. The van der Waals surface area contributed by atoms with E-state index in [2.05, 4.69) is 53.8 Å². The minimum atomic E-state index is -2.34. The summed E-state index contributed by atoms with van der Waals surface area (Å²) in [5.74, 6) is 0.154. The number of halogens is 1.